The molecule has 0 aliphatic carbocycles. The number of hydrogen-bond acceptors (Lipinski definition) is 4. The van der Waals surface area contributed by atoms with Crippen molar-refractivity contribution in [1.82, 2.24) is 4.98 Å². The fraction of sp³-hybridized carbons (Fsp3) is 0.333. The van der Waals surface area contributed by atoms with Gasteiger partial charge in [0.2, 0.25) is 0 Å². The Morgan fingerprint density at radius 2 is 2.25 bits per heavy atom. The molecule has 0 saturated carbocycles. The highest BCUT2D eigenvalue weighted by Crippen LogP contribution is 2.22. The molecule has 0 fully saturated rings. The van der Waals surface area contributed by atoms with E-state index in [2.05, 4.69) is 4.98 Å². The Labute approximate surface area is 103 Å². The summed E-state index contributed by atoms with van der Waals surface area (Å²) in [7, 11) is 0. The third-order valence-corrected chi connectivity index (χ3v) is 3.92. The third kappa shape index (κ3) is 2.83. The highest BCUT2D eigenvalue weighted by Gasteiger charge is 2.08. The summed E-state index contributed by atoms with van der Waals surface area (Å²) in [5.74, 6) is 1.19. The second-order valence-electron chi connectivity index (χ2n) is 3.53. The van der Waals surface area contributed by atoms with E-state index in [0.717, 1.165) is 21.0 Å². The monoisotopic (exact) mass is 251 g/mol. The van der Waals surface area contributed by atoms with Crippen LogP contribution in [0.25, 0.3) is 10.2 Å². The normalized spacial score (nSPS) is 10.8. The molecule has 2 aromatic rings. The predicted octanol–water partition coefficient (Wildman–Crippen LogP) is 3.16. The number of benzene rings is 1. The summed E-state index contributed by atoms with van der Waals surface area (Å²) < 4.78 is 1.16. The first-order chi connectivity index (χ1) is 7.79. The SMILES string of the molecule is CSCCC(=O)Cc1nc2ccccc2s1. The van der Waals surface area contributed by atoms with E-state index in [4.69, 9.17) is 0 Å². The quantitative estimate of drug-likeness (QED) is 0.817. The Hall–Kier alpha value is -0.870. The minimum absolute atomic E-state index is 0.286. The number of thiazole rings is 1. The lowest BCUT2D eigenvalue weighted by atomic mass is 10.2. The lowest BCUT2D eigenvalue weighted by Crippen LogP contribution is -2.03. The Bertz CT molecular complexity index is 459. The van der Waals surface area contributed by atoms with Crippen molar-refractivity contribution in [3.05, 3.63) is 29.3 Å². The molecular formula is C12H13NOS2. The molecule has 0 aliphatic rings. The van der Waals surface area contributed by atoms with E-state index in [-0.39, 0.29) is 5.78 Å². The van der Waals surface area contributed by atoms with Gasteiger partial charge in [0.1, 0.15) is 10.8 Å². The molecule has 0 aliphatic heterocycles. The van der Waals surface area contributed by atoms with Gasteiger partial charge in [-0.05, 0) is 24.1 Å². The highest BCUT2D eigenvalue weighted by atomic mass is 32.2. The first-order valence-corrected chi connectivity index (χ1v) is 7.35. The first kappa shape index (κ1) is 11.6. The summed E-state index contributed by atoms with van der Waals surface area (Å²) >= 11 is 3.33. The summed E-state index contributed by atoms with van der Waals surface area (Å²) in [5, 5.41) is 0.937. The number of nitrogens with zero attached hydrogens (tertiary/aromatic N) is 1. The van der Waals surface area contributed by atoms with Crippen LogP contribution in [0.5, 0.6) is 0 Å². The van der Waals surface area contributed by atoms with Crippen LogP contribution in [0.15, 0.2) is 24.3 Å². The number of para-hydroxylation sites is 1. The van der Waals surface area contributed by atoms with Gasteiger partial charge in [-0.2, -0.15) is 11.8 Å². The predicted molar refractivity (Wildman–Crippen MR) is 71.3 cm³/mol. The molecule has 1 aromatic carbocycles. The average Bonchev–Trinajstić information content (AvgIpc) is 2.68. The molecule has 0 saturated heterocycles. The second kappa shape index (κ2) is 5.46. The summed E-state index contributed by atoms with van der Waals surface area (Å²) in [5.41, 5.74) is 1.00. The van der Waals surface area contributed by atoms with Crippen molar-refractivity contribution in [2.24, 2.45) is 0 Å². The molecule has 1 heterocycles. The summed E-state index contributed by atoms with van der Waals surface area (Å²) in [4.78, 5) is 16.1. The van der Waals surface area contributed by atoms with Gasteiger partial charge in [-0.3, -0.25) is 4.79 Å². The fourth-order valence-electron chi connectivity index (χ4n) is 1.47. The first-order valence-electron chi connectivity index (χ1n) is 5.14. The number of aromatic nitrogens is 1. The van der Waals surface area contributed by atoms with Crippen molar-refractivity contribution >= 4 is 39.1 Å². The van der Waals surface area contributed by atoms with E-state index in [1.54, 1.807) is 23.1 Å². The lowest BCUT2D eigenvalue weighted by Gasteiger charge is -1.95. The fourth-order valence-corrected chi connectivity index (χ4v) is 2.90. The van der Waals surface area contributed by atoms with Crippen LogP contribution in [0.4, 0.5) is 0 Å². The Kier molecular flexibility index (Phi) is 3.96. The number of carbonyl (C=O) groups is 1. The maximum Gasteiger partial charge on any atom is 0.140 e. The van der Waals surface area contributed by atoms with Crippen LogP contribution in [-0.4, -0.2) is 22.8 Å². The van der Waals surface area contributed by atoms with Crippen molar-refractivity contribution < 1.29 is 4.79 Å². The Morgan fingerprint density at radius 3 is 3.00 bits per heavy atom. The van der Waals surface area contributed by atoms with Crippen LogP contribution < -0.4 is 0 Å². The number of hydrogen-bond donors (Lipinski definition) is 0. The Balaban J connectivity index is 2.07. The van der Waals surface area contributed by atoms with E-state index >= 15 is 0 Å². The molecule has 0 spiro atoms. The molecule has 16 heavy (non-hydrogen) atoms. The largest absolute Gasteiger partial charge is 0.299 e. The zero-order valence-corrected chi connectivity index (χ0v) is 10.7. The van der Waals surface area contributed by atoms with E-state index in [9.17, 15) is 4.79 Å². The zero-order valence-electron chi connectivity index (χ0n) is 9.10. The highest BCUT2D eigenvalue weighted by molar-refractivity contribution is 7.98. The number of fused-ring (bicyclic) bond motifs is 1. The number of ketones is 1. The second-order valence-corrected chi connectivity index (χ2v) is 5.63. The van der Waals surface area contributed by atoms with Gasteiger partial charge in [-0.1, -0.05) is 12.1 Å². The molecule has 0 radical (unpaired) electrons. The number of Topliss-reactive ketones (excluding diaryl/α,β-unsaturated/α-hetero) is 1. The van der Waals surface area contributed by atoms with Gasteiger partial charge in [0, 0.05) is 6.42 Å². The van der Waals surface area contributed by atoms with E-state index < -0.39 is 0 Å². The molecule has 0 unspecified atom stereocenters. The molecule has 0 amide bonds. The summed E-state index contributed by atoms with van der Waals surface area (Å²) in [6.45, 7) is 0. The molecular weight excluding hydrogens is 238 g/mol. The molecule has 0 bridgehead atoms. The molecule has 0 N–H and O–H groups in total. The maximum atomic E-state index is 11.6. The van der Waals surface area contributed by atoms with Crippen LogP contribution in [0, 0.1) is 0 Å². The molecule has 1 aromatic heterocycles. The van der Waals surface area contributed by atoms with Crippen LogP contribution in [-0.2, 0) is 11.2 Å². The van der Waals surface area contributed by atoms with Gasteiger partial charge in [0.15, 0.2) is 0 Å². The van der Waals surface area contributed by atoms with Gasteiger partial charge in [-0.15, -0.1) is 11.3 Å². The number of rotatable bonds is 5. The van der Waals surface area contributed by atoms with Gasteiger partial charge in [0.25, 0.3) is 0 Å². The van der Waals surface area contributed by atoms with Crippen molar-refractivity contribution in [3.8, 4) is 0 Å². The van der Waals surface area contributed by atoms with Gasteiger partial charge < -0.3 is 0 Å². The number of carbonyl (C=O) groups excluding carboxylic acids is 1. The maximum absolute atomic E-state index is 11.6. The van der Waals surface area contributed by atoms with Crippen molar-refractivity contribution in [1.29, 1.82) is 0 Å². The smallest absolute Gasteiger partial charge is 0.140 e. The van der Waals surface area contributed by atoms with Crippen molar-refractivity contribution in [3.63, 3.8) is 0 Å². The Morgan fingerprint density at radius 1 is 1.44 bits per heavy atom. The van der Waals surface area contributed by atoms with Crippen molar-refractivity contribution in [2.45, 2.75) is 12.8 Å². The van der Waals surface area contributed by atoms with E-state index in [1.165, 1.54) is 0 Å². The number of thioether (sulfide) groups is 1. The lowest BCUT2D eigenvalue weighted by molar-refractivity contribution is -0.118. The van der Waals surface area contributed by atoms with E-state index in [1.807, 2.05) is 30.5 Å². The van der Waals surface area contributed by atoms with Gasteiger partial charge in [0.05, 0.1) is 16.6 Å². The van der Waals surface area contributed by atoms with Crippen LogP contribution >= 0.6 is 23.1 Å². The van der Waals surface area contributed by atoms with Gasteiger partial charge >= 0.3 is 0 Å². The standard InChI is InChI=1S/C12H13NOS2/c1-15-7-6-9(14)8-12-13-10-4-2-3-5-11(10)16-12/h2-5H,6-8H2,1H3. The summed E-state index contributed by atoms with van der Waals surface area (Å²) in [6.07, 6.45) is 3.15. The summed E-state index contributed by atoms with van der Waals surface area (Å²) in [6, 6.07) is 8.01. The minimum Gasteiger partial charge on any atom is -0.299 e. The molecule has 84 valence electrons. The van der Waals surface area contributed by atoms with E-state index in [0.29, 0.717) is 12.8 Å². The average molecular weight is 251 g/mol. The minimum atomic E-state index is 0.286. The van der Waals surface area contributed by atoms with Crippen LogP contribution in [0.2, 0.25) is 0 Å². The van der Waals surface area contributed by atoms with Crippen LogP contribution in [0.1, 0.15) is 11.4 Å². The zero-order chi connectivity index (χ0) is 11.4. The van der Waals surface area contributed by atoms with Crippen molar-refractivity contribution in [2.75, 3.05) is 12.0 Å². The molecule has 4 heteroatoms. The third-order valence-electron chi connectivity index (χ3n) is 2.27. The van der Waals surface area contributed by atoms with Gasteiger partial charge in [-0.25, -0.2) is 4.98 Å². The molecule has 0 atom stereocenters. The van der Waals surface area contributed by atoms with Crippen LogP contribution in [0.3, 0.4) is 0 Å². The topological polar surface area (TPSA) is 30.0 Å². The molecule has 2 rings (SSSR count). The molecule has 2 nitrogen and oxygen atoms in total.